The molecule has 2 heteroatoms. The third-order valence-electron chi connectivity index (χ3n) is 4.77. The van der Waals surface area contributed by atoms with Gasteiger partial charge in [-0.25, -0.2) is 0 Å². The second-order valence-corrected chi connectivity index (χ2v) is 5.64. The topological polar surface area (TPSA) is 29.3 Å². The number of benzene rings is 1. The minimum Gasteiger partial charge on any atom is -0.326 e. The lowest BCUT2D eigenvalue weighted by Gasteiger charge is -2.52. The van der Waals surface area contributed by atoms with Crippen molar-refractivity contribution in [2.24, 2.45) is 11.7 Å². The first-order chi connectivity index (χ1) is 8.27. The normalized spacial score (nSPS) is 38.0. The Kier molecular flexibility index (Phi) is 2.93. The lowest BCUT2D eigenvalue weighted by Crippen LogP contribution is -2.62. The standard InChI is InChI=1S/C15H22N2/c1-11(12-5-3-2-4-6-12)15-14(16)13-7-9-17(15)10-8-13/h2-6,11,13-15H,7-10,16H2,1H3/t11-,14?,15?/m0/s1. The Morgan fingerprint density at radius 2 is 1.82 bits per heavy atom. The fraction of sp³-hybridized carbons (Fsp3) is 0.600. The molecular weight excluding hydrogens is 208 g/mol. The molecule has 3 saturated heterocycles. The highest BCUT2D eigenvalue weighted by atomic mass is 15.2. The van der Waals surface area contributed by atoms with E-state index in [-0.39, 0.29) is 0 Å². The van der Waals surface area contributed by atoms with Crippen molar-refractivity contribution in [3.05, 3.63) is 35.9 Å². The molecule has 17 heavy (non-hydrogen) atoms. The summed E-state index contributed by atoms with van der Waals surface area (Å²) in [4.78, 5) is 2.61. The van der Waals surface area contributed by atoms with Gasteiger partial charge in [-0.1, -0.05) is 37.3 Å². The van der Waals surface area contributed by atoms with Crippen molar-refractivity contribution in [2.45, 2.75) is 37.8 Å². The van der Waals surface area contributed by atoms with Crippen LogP contribution in [0.25, 0.3) is 0 Å². The van der Waals surface area contributed by atoms with Gasteiger partial charge in [0.15, 0.2) is 0 Å². The molecule has 3 aliphatic rings. The average Bonchev–Trinajstić information content (AvgIpc) is 2.40. The zero-order valence-electron chi connectivity index (χ0n) is 10.5. The molecule has 3 fully saturated rings. The minimum absolute atomic E-state index is 0.368. The molecule has 1 aromatic carbocycles. The Morgan fingerprint density at radius 1 is 1.18 bits per heavy atom. The van der Waals surface area contributed by atoms with E-state index in [1.54, 1.807) is 0 Å². The first kappa shape index (κ1) is 11.2. The van der Waals surface area contributed by atoms with Crippen LogP contribution < -0.4 is 5.73 Å². The van der Waals surface area contributed by atoms with Crippen LogP contribution in [0.1, 0.15) is 31.2 Å². The highest BCUT2D eigenvalue weighted by molar-refractivity contribution is 5.22. The van der Waals surface area contributed by atoms with Crippen molar-refractivity contribution in [1.29, 1.82) is 0 Å². The average molecular weight is 230 g/mol. The van der Waals surface area contributed by atoms with Crippen LogP contribution in [0.2, 0.25) is 0 Å². The fourth-order valence-corrected chi connectivity index (χ4v) is 3.73. The summed E-state index contributed by atoms with van der Waals surface area (Å²) >= 11 is 0. The van der Waals surface area contributed by atoms with Gasteiger partial charge in [0, 0.05) is 12.1 Å². The Hall–Kier alpha value is -0.860. The molecule has 92 valence electrons. The fourth-order valence-electron chi connectivity index (χ4n) is 3.73. The van der Waals surface area contributed by atoms with Crippen LogP contribution >= 0.6 is 0 Å². The largest absolute Gasteiger partial charge is 0.326 e. The minimum atomic E-state index is 0.368. The van der Waals surface area contributed by atoms with E-state index in [1.807, 2.05) is 0 Å². The number of hydrogen-bond donors (Lipinski definition) is 1. The molecule has 0 radical (unpaired) electrons. The van der Waals surface area contributed by atoms with Crippen LogP contribution in [-0.4, -0.2) is 30.1 Å². The molecule has 3 atom stereocenters. The van der Waals surface area contributed by atoms with E-state index < -0.39 is 0 Å². The van der Waals surface area contributed by atoms with Crippen molar-refractivity contribution in [2.75, 3.05) is 13.1 Å². The molecule has 0 aliphatic carbocycles. The molecule has 2 bridgehead atoms. The second-order valence-electron chi connectivity index (χ2n) is 5.64. The van der Waals surface area contributed by atoms with Crippen LogP contribution in [0.5, 0.6) is 0 Å². The maximum absolute atomic E-state index is 6.46. The van der Waals surface area contributed by atoms with E-state index >= 15 is 0 Å². The van der Waals surface area contributed by atoms with E-state index in [0.717, 1.165) is 5.92 Å². The van der Waals surface area contributed by atoms with Crippen molar-refractivity contribution >= 4 is 0 Å². The number of piperidine rings is 3. The van der Waals surface area contributed by atoms with E-state index in [2.05, 4.69) is 42.2 Å². The van der Waals surface area contributed by atoms with Gasteiger partial charge in [0.1, 0.15) is 0 Å². The Balaban J connectivity index is 1.84. The molecular formula is C15H22N2. The van der Waals surface area contributed by atoms with E-state index in [4.69, 9.17) is 5.73 Å². The predicted molar refractivity (Wildman–Crippen MR) is 70.9 cm³/mol. The molecule has 2 nitrogen and oxygen atoms in total. The van der Waals surface area contributed by atoms with E-state index in [1.165, 1.54) is 31.5 Å². The molecule has 2 N–H and O–H groups in total. The van der Waals surface area contributed by atoms with Gasteiger partial charge in [-0.05, 0) is 43.3 Å². The molecule has 1 aromatic rings. The van der Waals surface area contributed by atoms with Crippen LogP contribution in [0.4, 0.5) is 0 Å². The van der Waals surface area contributed by atoms with Crippen LogP contribution in [0.15, 0.2) is 30.3 Å². The van der Waals surface area contributed by atoms with Gasteiger partial charge in [0.05, 0.1) is 0 Å². The van der Waals surface area contributed by atoms with Gasteiger partial charge >= 0.3 is 0 Å². The first-order valence-corrected chi connectivity index (χ1v) is 6.82. The highest BCUT2D eigenvalue weighted by Gasteiger charge is 2.42. The zero-order valence-corrected chi connectivity index (χ0v) is 10.5. The highest BCUT2D eigenvalue weighted by Crippen LogP contribution is 2.37. The van der Waals surface area contributed by atoms with Gasteiger partial charge in [0.2, 0.25) is 0 Å². The maximum Gasteiger partial charge on any atom is 0.0315 e. The van der Waals surface area contributed by atoms with Gasteiger partial charge in [-0.2, -0.15) is 0 Å². The maximum atomic E-state index is 6.46. The number of rotatable bonds is 2. The summed E-state index contributed by atoms with van der Waals surface area (Å²) < 4.78 is 0. The SMILES string of the molecule is C[C@@H](c1ccccc1)C1C(N)C2CCN1CC2. The summed E-state index contributed by atoms with van der Waals surface area (Å²) in [5, 5.41) is 0. The summed E-state index contributed by atoms with van der Waals surface area (Å²) in [6.45, 7) is 4.83. The Morgan fingerprint density at radius 3 is 2.41 bits per heavy atom. The molecule has 3 heterocycles. The summed E-state index contributed by atoms with van der Waals surface area (Å²) in [5.41, 5.74) is 7.89. The van der Waals surface area contributed by atoms with Crippen LogP contribution in [0, 0.1) is 5.92 Å². The number of nitrogens with two attached hydrogens (primary N) is 1. The number of hydrogen-bond acceptors (Lipinski definition) is 2. The third-order valence-corrected chi connectivity index (χ3v) is 4.77. The van der Waals surface area contributed by atoms with Crippen LogP contribution in [-0.2, 0) is 0 Å². The zero-order chi connectivity index (χ0) is 11.8. The second kappa shape index (κ2) is 4.43. The summed E-state index contributed by atoms with van der Waals surface area (Å²) in [6, 6.07) is 11.7. The molecule has 3 aliphatic heterocycles. The van der Waals surface area contributed by atoms with Crippen LogP contribution in [0.3, 0.4) is 0 Å². The molecule has 4 rings (SSSR count). The van der Waals surface area contributed by atoms with Crippen molar-refractivity contribution in [3.8, 4) is 0 Å². The molecule has 0 saturated carbocycles. The number of fused-ring (bicyclic) bond motifs is 3. The molecule has 0 spiro atoms. The van der Waals surface area contributed by atoms with Crippen molar-refractivity contribution < 1.29 is 0 Å². The van der Waals surface area contributed by atoms with Gasteiger partial charge in [-0.3, -0.25) is 4.90 Å². The van der Waals surface area contributed by atoms with Gasteiger partial charge in [-0.15, -0.1) is 0 Å². The lowest BCUT2D eigenvalue weighted by atomic mass is 9.73. The molecule has 0 aromatic heterocycles. The van der Waals surface area contributed by atoms with Gasteiger partial charge < -0.3 is 5.73 Å². The summed E-state index contributed by atoms with van der Waals surface area (Å²) in [7, 11) is 0. The quantitative estimate of drug-likeness (QED) is 0.844. The lowest BCUT2D eigenvalue weighted by molar-refractivity contribution is 0.0171. The Labute approximate surface area is 104 Å². The summed E-state index contributed by atoms with van der Waals surface area (Å²) in [6.07, 6.45) is 2.61. The summed E-state index contributed by atoms with van der Waals surface area (Å²) in [5.74, 6) is 1.31. The van der Waals surface area contributed by atoms with E-state index in [0.29, 0.717) is 18.0 Å². The third kappa shape index (κ3) is 1.90. The Bertz CT molecular complexity index is 366. The molecule has 2 unspecified atom stereocenters. The van der Waals surface area contributed by atoms with Gasteiger partial charge in [0.25, 0.3) is 0 Å². The van der Waals surface area contributed by atoms with E-state index in [9.17, 15) is 0 Å². The monoisotopic (exact) mass is 230 g/mol. The predicted octanol–water partition coefficient (Wildman–Crippen LogP) is 2.21. The number of nitrogens with zero attached hydrogens (tertiary/aromatic N) is 1. The first-order valence-electron chi connectivity index (χ1n) is 6.82. The smallest absolute Gasteiger partial charge is 0.0315 e. The van der Waals surface area contributed by atoms with Crippen molar-refractivity contribution in [3.63, 3.8) is 0 Å². The molecule has 0 amide bonds. The van der Waals surface area contributed by atoms with Crippen molar-refractivity contribution in [1.82, 2.24) is 4.90 Å².